The zero-order valence-electron chi connectivity index (χ0n) is 13.1. The molecule has 1 fully saturated rings. The molecule has 0 radical (unpaired) electrons. The number of carboxylic acids is 1. The number of hydrogen-bond donors (Lipinski definition) is 1. The van der Waals surface area contributed by atoms with E-state index in [4.69, 9.17) is 5.11 Å². The summed E-state index contributed by atoms with van der Waals surface area (Å²) >= 11 is 0. The Kier molecular flexibility index (Phi) is 9.67. The van der Waals surface area contributed by atoms with Crippen molar-refractivity contribution in [2.24, 2.45) is 0 Å². The Bertz CT molecular complexity index is 251. The predicted molar refractivity (Wildman–Crippen MR) is 83.1 cm³/mol. The molecule has 0 aromatic carbocycles. The zero-order valence-corrected chi connectivity index (χ0v) is 13.1. The van der Waals surface area contributed by atoms with Crippen molar-refractivity contribution in [1.82, 2.24) is 9.80 Å². The Labute approximate surface area is 124 Å². The highest BCUT2D eigenvalue weighted by atomic mass is 16.4. The van der Waals surface area contributed by atoms with Crippen LogP contribution in [0.4, 0.5) is 0 Å². The lowest BCUT2D eigenvalue weighted by Gasteiger charge is -2.34. The van der Waals surface area contributed by atoms with Crippen molar-refractivity contribution in [3.05, 3.63) is 0 Å². The van der Waals surface area contributed by atoms with Gasteiger partial charge in [0, 0.05) is 32.6 Å². The number of nitrogens with zero attached hydrogens (tertiary/aromatic N) is 2. The van der Waals surface area contributed by atoms with Crippen LogP contribution in [-0.2, 0) is 4.79 Å². The predicted octanol–water partition coefficient (Wildman–Crippen LogP) is 2.83. The van der Waals surface area contributed by atoms with Gasteiger partial charge in [-0.2, -0.15) is 0 Å². The highest BCUT2D eigenvalue weighted by Crippen LogP contribution is 2.08. The third kappa shape index (κ3) is 8.54. The Hall–Kier alpha value is -0.610. The van der Waals surface area contributed by atoms with E-state index in [2.05, 4.69) is 16.7 Å². The first-order valence-corrected chi connectivity index (χ1v) is 8.39. The van der Waals surface area contributed by atoms with Crippen molar-refractivity contribution in [2.75, 3.05) is 39.3 Å². The molecule has 0 atom stereocenters. The highest BCUT2D eigenvalue weighted by molar-refractivity contribution is 5.66. The van der Waals surface area contributed by atoms with E-state index in [9.17, 15) is 4.79 Å². The van der Waals surface area contributed by atoms with E-state index in [0.29, 0.717) is 6.42 Å². The van der Waals surface area contributed by atoms with Gasteiger partial charge in [-0.3, -0.25) is 4.79 Å². The van der Waals surface area contributed by atoms with Crippen molar-refractivity contribution < 1.29 is 9.90 Å². The maximum absolute atomic E-state index is 10.4. The molecular weight excluding hydrogens is 252 g/mol. The summed E-state index contributed by atoms with van der Waals surface area (Å²) in [7, 11) is 0. The summed E-state index contributed by atoms with van der Waals surface area (Å²) in [5.74, 6) is -0.665. The van der Waals surface area contributed by atoms with Crippen molar-refractivity contribution in [2.45, 2.75) is 58.3 Å². The fourth-order valence-electron chi connectivity index (χ4n) is 2.79. The Morgan fingerprint density at radius 1 is 0.850 bits per heavy atom. The first-order chi connectivity index (χ1) is 9.72. The van der Waals surface area contributed by atoms with Crippen LogP contribution in [0, 0.1) is 0 Å². The summed E-state index contributed by atoms with van der Waals surface area (Å²) in [5, 5.41) is 8.58. The van der Waals surface area contributed by atoms with E-state index in [-0.39, 0.29) is 0 Å². The number of aliphatic carboxylic acids is 1. The molecule has 0 saturated carbocycles. The van der Waals surface area contributed by atoms with Crippen LogP contribution >= 0.6 is 0 Å². The molecule has 0 aromatic rings. The molecule has 1 N–H and O–H groups in total. The minimum Gasteiger partial charge on any atom is -0.481 e. The van der Waals surface area contributed by atoms with Crippen LogP contribution in [0.3, 0.4) is 0 Å². The second kappa shape index (κ2) is 11.1. The van der Waals surface area contributed by atoms with Crippen LogP contribution in [0.25, 0.3) is 0 Å². The molecule has 0 spiro atoms. The standard InChI is InChI=1S/C16H32N2O2/c1-2-3-4-7-10-17-12-14-18(15-13-17)11-8-5-6-9-16(19)20/h2-15H2,1H3,(H,19,20). The number of rotatable bonds is 11. The minimum atomic E-state index is -0.665. The molecule has 1 rings (SSSR count). The van der Waals surface area contributed by atoms with Crippen LogP contribution in [0.2, 0.25) is 0 Å². The first kappa shape index (κ1) is 17.4. The lowest BCUT2D eigenvalue weighted by Crippen LogP contribution is -2.46. The molecule has 1 aliphatic rings. The number of hydrogen-bond acceptors (Lipinski definition) is 3. The summed E-state index contributed by atoms with van der Waals surface area (Å²) < 4.78 is 0. The minimum absolute atomic E-state index is 0.325. The summed E-state index contributed by atoms with van der Waals surface area (Å²) in [6.45, 7) is 9.47. The first-order valence-electron chi connectivity index (χ1n) is 8.39. The van der Waals surface area contributed by atoms with Gasteiger partial charge < -0.3 is 14.9 Å². The quantitative estimate of drug-likeness (QED) is 0.593. The molecule has 118 valence electrons. The third-order valence-electron chi connectivity index (χ3n) is 4.16. The van der Waals surface area contributed by atoms with Gasteiger partial charge in [0.05, 0.1) is 0 Å². The van der Waals surface area contributed by atoms with E-state index >= 15 is 0 Å². The topological polar surface area (TPSA) is 43.8 Å². The summed E-state index contributed by atoms with van der Waals surface area (Å²) in [6, 6.07) is 0. The molecule has 4 heteroatoms. The molecule has 1 heterocycles. The zero-order chi connectivity index (χ0) is 14.6. The van der Waals surface area contributed by atoms with Crippen LogP contribution in [0.5, 0.6) is 0 Å². The number of piperazine rings is 1. The third-order valence-corrected chi connectivity index (χ3v) is 4.16. The van der Waals surface area contributed by atoms with Crippen LogP contribution in [-0.4, -0.2) is 60.1 Å². The van der Waals surface area contributed by atoms with Gasteiger partial charge >= 0.3 is 5.97 Å². The number of unbranched alkanes of at least 4 members (excludes halogenated alkanes) is 5. The van der Waals surface area contributed by atoms with Crippen molar-refractivity contribution >= 4 is 5.97 Å². The summed E-state index contributed by atoms with van der Waals surface area (Å²) in [4.78, 5) is 15.5. The van der Waals surface area contributed by atoms with Gasteiger partial charge in [-0.25, -0.2) is 0 Å². The maximum atomic E-state index is 10.4. The number of carbonyl (C=O) groups is 1. The van der Waals surface area contributed by atoms with E-state index in [1.54, 1.807) is 0 Å². The molecule has 0 unspecified atom stereocenters. The van der Waals surface area contributed by atoms with Gasteiger partial charge in [-0.1, -0.05) is 32.6 Å². The lowest BCUT2D eigenvalue weighted by molar-refractivity contribution is -0.137. The maximum Gasteiger partial charge on any atom is 0.303 e. The van der Waals surface area contributed by atoms with Crippen molar-refractivity contribution in [3.63, 3.8) is 0 Å². The van der Waals surface area contributed by atoms with Gasteiger partial charge in [0.25, 0.3) is 0 Å². The van der Waals surface area contributed by atoms with Gasteiger partial charge in [-0.05, 0) is 32.4 Å². The molecule has 0 amide bonds. The van der Waals surface area contributed by atoms with Gasteiger partial charge in [-0.15, -0.1) is 0 Å². The SMILES string of the molecule is CCCCCCN1CCN(CCCCCC(=O)O)CC1. The molecular formula is C16H32N2O2. The van der Waals surface area contributed by atoms with E-state index in [1.807, 2.05) is 0 Å². The molecule has 0 bridgehead atoms. The normalized spacial score (nSPS) is 17.4. The lowest BCUT2D eigenvalue weighted by atomic mass is 10.1. The molecule has 1 saturated heterocycles. The fraction of sp³-hybridized carbons (Fsp3) is 0.938. The molecule has 4 nitrogen and oxygen atoms in total. The second-order valence-corrected chi connectivity index (χ2v) is 5.95. The molecule has 0 aromatic heterocycles. The highest BCUT2D eigenvalue weighted by Gasteiger charge is 2.15. The van der Waals surface area contributed by atoms with Crippen LogP contribution in [0.15, 0.2) is 0 Å². The van der Waals surface area contributed by atoms with Crippen LogP contribution < -0.4 is 0 Å². The summed E-state index contributed by atoms with van der Waals surface area (Å²) in [5.41, 5.74) is 0. The fourth-order valence-corrected chi connectivity index (χ4v) is 2.79. The number of carboxylic acid groups (broad SMARTS) is 1. The van der Waals surface area contributed by atoms with Crippen molar-refractivity contribution in [3.8, 4) is 0 Å². The summed E-state index contributed by atoms with van der Waals surface area (Å²) in [6.07, 6.45) is 8.75. The van der Waals surface area contributed by atoms with Crippen LogP contribution in [0.1, 0.15) is 58.3 Å². The Balaban J connectivity index is 1.94. The molecule has 0 aliphatic carbocycles. The second-order valence-electron chi connectivity index (χ2n) is 5.95. The van der Waals surface area contributed by atoms with E-state index in [1.165, 1.54) is 58.4 Å². The molecule has 1 aliphatic heterocycles. The van der Waals surface area contributed by atoms with E-state index < -0.39 is 5.97 Å². The van der Waals surface area contributed by atoms with Gasteiger partial charge in [0.15, 0.2) is 0 Å². The van der Waals surface area contributed by atoms with Crippen molar-refractivity contribution in [1.29, 1.82) is 0 Å². The average molecular weight is 284 g/mol. The van der Waals surface area contributed by atoms with Gasteiger partial charge in [0.1, 0.15) is 0 Å². The largest absolute Gasteiger partial charge is 0.481 e. The monoisotopic (exact) mass is 284 g/mol. The smallest absolute Gasteiger partial charge is 0.303 e. The average Bonchev–Trinajstić information content (AvgIpc) is 2.44. The van der Waals surface area contributed by atoms with E-state index in [0.717, 1.165) is 25.8 Å². The Morgan fingerprint density at radius 2 is 1.35 bits per heavy atom. The molecule has 20 heavy (non-hydrogen) atoms. The Morgan fingerprint density at radius 3 is 1.80 bits per heavy atom. The van der Waals surface area contributed by atoms with Gasteiger partial charge in [0.2, 0.25) is 0 Å².